The molecule has 1 N–H and O–H groups in total. The minimum Gasteiger partial charge on any atom is -0.352 e. The van der Waals surface area contributed by atoms with Crippen LogP contribution in [0.4, 0.5) is 10.1 Å². The molecule has 104 valence electrons. The number of nitro groups is 1. The van der Waals surface area contributed by atoms with Gasteiger partial charge >= 0.3 is 0 Å². The second-order valence-electron chi connectivity index (χ2n) is 4.24. The van der Waals surface area contributed by atoms with Crippen molar-refractivity contribution in [2.24, 2.45) is 0 Å². The van der Waals surface area contributed by atoms with Gasteiger partial charge in [-0.3, -0.25) is 14.9 Å². The fourth-order valence-electron chi connectivity index (χ4n) is 1.70. The van der Waals surface area contributed by atoms with Crippen LogP contribution in [0.3, 0.4) is 0 Å². The molecule has 1 aromatic rings. The Bertz CT molecular complexity index is 463. The molecule has 1 amide bonds. The van der Waals surface area contributed by atoms with Crippen LogP contribution < -0.4 is 5.32 Å². The molecule has 0 spiro atoms. The summed E-state index contributed by atoms with van der Waals surface area (Å²) in [6, 6.07) is 2.86. The van der Waals surface area contributed by atoms with E-state index in [4.69, 9.17) is 0 Å². The van der Waals surface area contributed by atoms with E-state index in [0.717, 1.165) is 43.9 Å². The molecular weight excluding hydrogens is 251 g/mol. The van der Waals surface area contributed by atoms with E-state index in [1.54, 1.807) is 0 Å². The number of carbonyl (C=O) groups excluding carboxylic acids is 1. The first-order chi connectivity index (χ1) is 9.06. The molecule has 0 heterocycles. The zero-order chi connectivity index (χ0) is 14.3. The highest BCUT2D eigenvalue weighted by Gasteiger charge is 2.20. The van der Waals surface area contributed by atoms with E-state index < -0.39 is 16.6 Å². The first kappa shape index (κ1) is 15.1. The van der Waals surface area contributed by atoms with Gasteiger partial charge in [0.1, 0.15) is 11.4 Å². The Kier molecular flexibility index (Phi) is 5.92. The molecule has 19 heavy (non-hydrogen) atoms. The third kappa shape index (κ3) is 4.65. The van der Waals surface area contributed by atoms with E-state index in [1.165, 1.54) is 0 Å². The normalized spacial score (nSPS) is 10.2. The lowest BCUT2D eigenvalue weighted by molar-refractivity contribution is -0.385. The van der Waals surface area contributed by atoms with Crippen molar-refractivity contribution in [3.05, 3.63) is 39.7 Å². The van der Waals surface area contributed by atoms with Gasteiger partial charge in [-0.15, -0.1) is 0 Å². The van der Waals surface area contributed by atoms with Crippen molar-refractivity contribution in [2.45, 2.75) is 32.6 Å². The third-order valence-corrected chi connectivity index (χ3v) is 2.72. The fourth-order valence-corrected chi connectivity index (χ4v) is 1.70. The molecule has 0 fully saturated rings. The van der Waals surface area contributed by atoms with Crippen LogP contribution in [0.15, 0.2) is 18.2 Å². The summed E-state index contributed by atoms with van der Waals surface area (Å²) in [7, 11) is 0. The molecule has 0 aliphatic heterocycles. The summed E-state index contributed by atoms with van der Waals surface area (Å²) in [5.41, 5.74) is -0.618. The Morgan fingerprint density at radius 1 is 1.37 bits per heavy atom. The Labute approximate surface area is 111 Å². The number of nitro benzene ring substituents is 1. The van der Waals surface area contributed by atoms with E-state index >= 15 is 0 Å². The Morgan fingerprint density at radius 2 is 2.11 bits per heavy atom. The highest BCUT2D eigenvalue weighted by atomic mass is 19.1. The summed E-state index contributed by atoms with van der Waals surface area (Å²) >= 11 is 0. The van der Waals surface area contributed by atoms with Crippen LogP contribution in [0.2, 0.25) is 0 Å². The number of nitrogens with one attached hydrogen (secondary N) is 1. The average molecular weight is 268 g/mol. The second kappa shape index (κ2) is 7.45. The molecule has 1 aromatic carbocycles. The molecule has 0 aliphatic carbocycles. The number of hydrogen-bond acceptors (Lipinski definition) is 3. The molecule has 0 saturated carbocycles. The molecule has 0 saturated heterocycles. The van der Waals surface area contributed by atoms with Gasteiger partial charge in [-0.1, -0.05) is 26.2 Å². The van der Waals surface area contributed by atoms with Crippen molar-refractivity contribution >= 4 is 11.6 Å². The smallest absolute Gasteiger partial charge is 0.282 e. The summed E-state index contributed by atoms with van der Waals surface area (Å²) in [5, 5.41) is 13.3. The van der Waals surface area contributed by atoms with E-state index in [9.17, 15) is 19.3 Å². The van der Waals surface area contributed by atoms with Gasteiger partial charge < -0.3 is 5.32 Å². The van der Waals surface area contributed by atoms with Crippen LogP contribution in [0.5, 0.6) is 0 Å². The molecule has 0 radical (unpaired) electrons. The van der Waals surface area contributed by atoms with Crippen LogP contribution in [0, 0.1) is 15.9 Å². The summed E-state index contributed by atoms with van der Waals surface area (Å²) in [5.74, 6) is -1.27. The second-order valence-corrected chi connectivity index (χ2v) is 4.24. The van der Waals surface area contributed by atoms with Crippen molar-refractivity contribution < 1.29 is 14.1 Å². The van der Waals surface area contributed by atoms with E-state index in [-0.39, 0.29) is 11.3 Å². The lowest BCUT2D eigenvalue weighted by Gasteiger charge is -2.05. The number of rotatable bonds is 7. The van der Waals surface area contributed by atoms with E-state index in [1.807, 2.05) is 0 Å². The zero-order valence-electron chi connectivity index (χ0n) is 10.8. The van der Waals surface area contributed by atoms with E-state index in [0.29, 0.717) is 6.54 Å². The first-order valence-corrected chi connectivity index (χ1v) is 6.28. The maximum atomic E-state index is 13.1. The predicted molar refractivity (Wildman–Crippen MR) is 69.5 cm³/mol. The summed E-state index contributed by atoms with van der Waals surface area (Å²) in [6.45, 7) is 2.52. The molecule has 0 aromatic heterocycles. The van der Waals surface area contributed by atoms with Crippen molar-refractivity contribution in [1.29, 1.82) is 0 Å². The number of nitrogens with zero attached hydrogens (tertiary/aromatic N) is 1. The molecule has 0 bridgehead atoms. The zero-order valence-corrected chi connectivity index (χ0v) is 10.8. The summed E-state index contributed by atoms with van der Waals surface area (Å²) < 4.78 is 13.1. The van der Waals surface area contributed by atoms with E-state index in [2.05, 4.69) is 12.2 Å². The molecule has 1 rings (SSSR count). The molecule has 0 atom stereocenters. The number of amides is 1. The van der Waals surface area contributed by atoms with Gasteiger partial charge in [-0.2, -0.15) is 0 Å². The largest absolute Gasteiger partial charge is 0.352 e. The monoisotopic (exact) mass is 268 g/mol. The Hall–Kier alpha value is -1.98. The summed E-state index contributed by atoms with van der Waals surface area (Å²) in [4.78, 5) is 21.8. The minimum atomic E-state index is -0.689. The van der Waals surface area contributed by atoms with Gasteiger partial charge in [0.25, 0.3) is 11.6 Å². The Morgan fingerprint density at radius 3 is 2.74 bits per heavy atom. The first-order valence-electron chi connectivity index (χ1n) is 6.28. The van der Waals surface area contributed by atoms with Crippen LogP contribution in [0.25, 0.3) is 0 Å². The number of halogens is 1. The highest BCUT2D eigenvalue weighted by molar-refractivity contribution is 5.98. The highest BCUT2D eigenvalue weighted by Crippen LogP contribution is 2.19. The van der Waals surface area contributed by atoms with Crippen molar-refractivity contribution in [3.8, 4) is 0 Å². The maximum Gasteiger partial charge on any atom is 0.282 e. The van der Waals surface area contributed by atoms with Crippen LogP contribution in [-0.2, 0) is 0 Å². The number of carbonyl (C=O) groups is 1. The maximum absolute atomic E-state index is 13.1. The van der Waals surface area contributed by atoms with Crippen molar-refractivity contribution in [1.82, 2.24) is 5.32 Å². The SMILES string of the molecule is CCCCCCNC(=O)c1cc(F)ccc1[N+](=O)[O-]. The fraction of sp³-hybridized carbons (Fsp3) is 0.462. The Balaban J connectivity index is 2.65. The minimum absolute atomic E-state index is 0.236. The number of unbranched alkanes of at least 4 members (excludes halogenated alkanes) is 3. The van der Waals surface area contributed by atoms with Crippen molar-refractivity contribution in [3.63, 3.8) is 0 Å². The van der Waals surface area contributed by atoms with Gasteiger partial charge in [0, 0.05) is 12.6 Å². The van der Waals surface area contributed by atoms with Gasteiger partial charge in [-0.05, 0) is 18.6 Å². The number of benzene rings is 1. The molecular formula is C13H17FN2O3. The third-order valence-electron chi connectivity index (χ3n) is 2.72. The number of hydrogen-bond donors (Lipinski definition) is 1. The predicted octanol–water partition coefficient (Wildman–Crippen LogP) is 3.04. The standard InChI is InChI=1S/C13H17FN2O3/c1-2-3-4-5-8-15-13(17)11-9-10(14)6-7-12(11)16(18)19/h6-7,9H,2-5,8H2,1H3,(H,15,17). The van der Waals surface area contributed by atoms with Crippen LogP contribution >= 0.6 is 0 Å². The average Bonchev–Trinajstić information content (AvgIpc) is 2.37. The van der Waals surface area contributed by atoms with Gasteiger partial charge in [-0.25, -0.2) is 4.39 Å². The van der Waals surface area contributed by atoms with Crippen LogP contribution in [0.1, 0.15) is 43.0 Å². The molecule has 5 nitrogen and oxygen atoms in total. The molecule has 0 unspecified atom stereocenters. The quantitative estimate of drug-likeness (QED) is 0.469. The lowest BCUT2D eigenvalue weighted by atomic mass is 10.1. The topological polar surface area (TPSA) is 72.2 Å². The van der Waals surface area contributed by atoms with Gasteiger partial charge in [0.2, 0.25) is 0 Å². The molecule has 0 aliphatic rings. The lowest BCUT2D eigenvalue weighted by Crippen LogP contribution is -2.25. The molecule has 6 heteroatoms. The summed E-state index contributed by atoms with van der Waals surface area (Å²) in [6.07, 6.45) is 3.96. The van der Waals surface area contributed by atoms with Crippen LogP contribution in [-0.4, -0.2) is 17.4 Å². The van der Waals surface area contributed by atoms with Crippen molar-refractivity contribution in [2.75, 3.05) is 6.54 Å². The van der Waals surface area contributed by atoms with Gasteiger partial charge in [0.05, 0.1) is 4.92 Å². The van der Waals surface area contributed by atoms with Gasteiger partial charge in [0.15, 0.2) is 0 Å².